The van der Waals surface area contributed by atoms with Gasteiger partial charge in [0.15, 0.2) is 0 Å². The van der Waals surface area contributed by atoms with Gasteiger partial charge in [-0.25, -0.2) is 4.99 Å². The maximum atomic E-state index is 12.6. The van der Waals surface area contributed by atoms with Crippen molar-refractivity contribution in [1.29, 1.82) is 5.26 Å². The zero-order valence-electron chi connectivity index (χ0n) is 16.2. The van der Waals surface area contributed by atoms with Gasteiger partial charge < -0.3 is 15.4 Å². The Hall–Kier alpha value is -3.76. The fraction of sp³-hybridized carbons (Fsp3) is 0.182. The highest BCUT2D eigenvalue weighted by Gasteiger charge is 2.27. The zero-order chi connectivity index (χ0) is 20.8. The molecule has 7 heteroatoms. The van der Waals surface area contributed by atoms with Crippen LogP contribution < -0.4 is 10.6 Å². The third kappa shape index (κ3) is 4.39. The van der Waals surface area contributed by atoms with E-state index in [4.69, 9.17) is 4.74 Å². The maximum absolute atomic E-state index is 12.6. The van der Waals surface area contributed by atoms with Crippen LogP contribution in [0.15, 0.2) is 59.1 Å². The van der Waals surface area contributed by atoms with Gasteiger partial charge in [-0.1, -0.05) is 42.0 Å². The van der Waals surface area contributed by atoms with Crippen molar-refractivity contribution in [3.63, 3.8) is 0 Å². The van der Waals surface area contributed by atoms with Gasteiger partial charge >= 0.3 is 0 Å². The van der Waals surface area contributed by atoms with Gasteiger partial charge in [0.2, 0.25) is 0 Å². The molecule has 2 aromatic carbocycles. The number of amides is 2. The normalized spacial score (nSPS) is 13.8. The molecule has 1 aliphatic heterocycles. The van der Waals surface area contributed by atoms with E-state index in [1.165, 1.54) is 7.11 Å². The zero-order valence-corrected chi connectivity index (χ0v) is 16.2. The molecule has 0 unspecified atom stereocenters. The van der Waals surface area contributed by atoms with E-state index in [2.05, 4.69) is 15.6 Å². The SMILES string of the molecule is COCCNC(=O)/C(C#N)=C1/N=C(NC(=O)c2ccc(C)cc2)c2ccccc21. The average molecular weight is 388 g/mol. The van der Waals surface area contributed by atoms with Crippen LogP contribution in [0.1, 0.15) is 27.0 Å². The maximum Gasteiger partial charge on any atom is 0.264 e. The molecule has 0 spiro atoms. The minimum Gasteiger partial charge on any atom is -0.383 e. The van der Waals surface area contributed by atoms with Crippen molar-refractivity contribution in [2.24, 2.45) is 4.99 Å². The molecular formula is C22H20N4O3. The molecule has 2 N–H and O–H groups in total. The van der Waals surface area contributed by atoms with E-state index < -0.39 is 5.91 Å². The van der Waals surface area contributed by atoms with Gasteiger partial charge in [0, 0.05) is 30.3 Å². The fourth-order valence-electron chi connectivity index (χ4n) is 2.87. The number of benzene rings is 2. The van der Waals surface area contributed by atoms with Crippen LogP contribution in [-0.4, -0.2) is 37.9 Å². The Morgan fingerprint density at radius 1 is 1.10 bits per heavy atom. The number of methoxy groups -OCH3 is 1. The van der Waals surface area contributed by atoms with Gasteiger partial charge in [-0.15, -0.1) is 0 Å². The number of amidine groups is 1. The average Bonchev–Trinajstić information content (AvgIpc) is 3.07. The highest BCUT2D eigenvalue weighted by Crippen LogP contribution is 2.30. The lowest BCUT2D eigenvalue weighted by Gasteiger charge is -2.06. The smallest absolute Gasteiger partial charge is 0.264 e. The van der Waals surface area contributed by atoms with E-state index >= 15 is 0 Å². The highest BCUT2D eigenvalue weighted by molar-refractivity contribution is 6.20. The number of aryl methyl sites for hydroxylation is 1. The minimum absolute atomic E-state index is 0.117. The molecule has 1 aliphatic rings. The first-order valence-electron chi connectivity index (χ1n) is 9.03. The van der Waals surface area contributed by atoms with Crippen LogP contribution in [0.5, 0.6) is 0 Å². The number of nitrogens with zero attached hydrogens (tertiary/aromatic N) is 2. The molecule has 2 aromatic rings. The number of ether oxygens (including phenoxy) is 1. The molecule has 0 saturated carbocycles. The standard InChI is InChI=1S/C22H20N4O3/c1-14-7-9-15(10-8-14)21(27)26-20-17-6-4-3-5-16(17)19(25-20)18(13-23)22(28)24-11-12-29-2/h3-10H,11-12H2,1-2H3,(H,24,28)(H,25,26,27)/b19-18+. The molecule has 0 bridgehead atoms. The van der Waals surface area contributed by atoms with Gasteiger partial charge in [-0.3, -0.25) is 9.59 Å². The first kappa shape index (κ1) is 20.0. The van der Waals surface area contributed by atoms with Crippen LogP contribution in [0.25, 0.3) is 5.70 Å². The number of hydrogen-bond donors (Lipinski definition) is 2. The van der Waals surface area contributed by atoms with Crippen LogP contribution in [0.2, 0.25) is 0 Å². The highest BCUT2D eigenvalue weighted by atomic mass is 16.5. The summed E-state index contributed by atoms with van der Waals surface area (Å²) < 4.78 is 4.91. The molecule has 2 amide bonds. The van der Waals surface area contributed by atoms with Crippen molar-refractivity contribution in [3.05, 3.63) is 76.4 Å². The number of hydrogen-bond acceptors (Lipinski definition) is 5. The number of fused-ring (bicyclic) bond motifs is 1. The lowest BCUT2D eigenvalue weighted by molar-refractivity contribution is -0.117. The monoisotopic (exact) mass is 388 g/mol. The van der Waals surface area contributed by atoms with Gasteiger partial charge in [0.25, 0.3) is 11.8 Å². The summed E-state index contributed by atoms with van der Waals surface area (Å²) in [5, 5.41) is 15.0. The Labute approximate surface area is 168 Å². The molecule has 3 rings (SSSR count). The summed E-state index contributed by atoms with van der Waals surface area (Å²) in [6.45, 7) is 2.55. The summed E-state index contributed by atoms with van der Waals surface area (Å²) in [6.07, 6.45) is 0. The van der Waals surface area contributed by atoms with Gasteiger partial charge in [0.05, 0.1) is 12.3 Å². The predicted octanol–water partition coefficient (Wildman–Crippen LogP) is 2.18. The van der Waals surface area contributed by atoms with E-state index in [1.807, 2.05) is 25.1 Å². The van der Waals surface area contributed by atoms with Gasteiger partial charge in [-0.2, -0.15) is 5.26 Å². The second-order valence-corrected chi connectivity index (χ2v) is 6.41. The summed E-state index contributed by atoms with van der Waals surface area (Å²) in [5.74, 6) is -0.550. The molecule has 0 aromatic heterocycles. The largest absolute Gasteiger partial charge is 0.383 e. The van der Waals surface area contributed by atoms with E-state index in [0.717, 1.165) is 5.56 Å². The van der Waals surface area contributed by atoms with Crippen molar-refractivity contribution >= 4 is 23.3 Å². The number of carbonyl (C=O) groups is 2. The minimum atomic E-state index is -0.538. The molecule has 0 atom stereocenters. The lowest BCUT2D eigenvalue weighted by atomic mass is 10.0. The summed E-state index contributed by atoms with van der Waals surface area (Å²) in [7, 11) is 1.52. The van der Waals surface area contributed by atoms with Crippen LogP contribution in [0.4, 0.5) is 0 Å². The number of aliphatic imine (C=N–C) groups is 1. The molecule has 146 valence electrons. The van der Waals surface area contributed by atoms with Crippen LogP contribution >= 0.6 is 0 Å². The van der Waals surface area contributed by atoms with Crippen LogP contribution in [0.3, 0.4) is 0 Å². The quantitative estimate of drug-likeness (QED) is 0.465. The number of nitrogens with one attached hydrogen (secondary N) is 2. The van der Waals surface area contributed by atoms with Gasteiger partial charge in [0.1, 0.15) is 17.5 Å². The molecule has 7 nitrogen and oxygen atoms in total. The summed E-state index contributed by atoms with van der Waals surface area (Å²) in [4.78, 5) is 29.4. The first-order valence-corrected chi connectivity index (χ1v) is 9.03. The molecule has 1 heterocycles. The van der Waals surface area contributed by atoms with E-state index in [0.29, 0.717) is 29.1 Å². The summed E-state index contributed by atoms with van der Waals surface area (Å²) in [6, 6.07) is 16.2. The second kappa shape index (κ2) is 8.95. The number of carbonyl (C=O) groups excluding carboxylic acids is 2. The third-order valence-electron chi connectivity index (χ3n) is 4.37. The third-order valence-corrected chi connectivity index (χ3v) is 4.37. The molecule has 29 heavy (non-hydrogen) atoms. The molecule has 0 fully saturated rings. The fourth-order valence-corrected chi connectivity index (χ4v) is 2.87. The number of nitriles is 1. The van der Waals surface area contributed by atoms with Crippen molar-refractivity contribution in [2.75, 3.05) is 20.3 Å². The van der Waals surface area contributed by atoms with E-state index in [-0.39, 0.29) is 23.7 Å². The molecule has 0 radical (unpaired) electrons. The van der Waals surface area contributed by atoms with Crippen molar-refractivity contribution in [1.82, 2.24) is 10.6 Å². The summed E-state index contributed by atoms with van der Waals surface area (Å²) >= 11 is 0. The number of rotatable bonds is 5. The second-order valence-electron chi connectivity index (χ2n) is 6.41. The van der Waals surface area contributed by atoms with Gasteiger partial charge in [-0.05, 0) is 19.1 Å². The molecule has 0 aliphatic carbocycles. The lowest BCUT2D eigenvalue weighted by Crippen LogP contribution is -2.30. The Morgan fingerprint density at radius 2 is 1.79 bits per heavy atom. The van der Waals surface area contributed by atoms with Crippen LogP contribution in [0, 0.1) is 18.3 Å². The van der Waals surface area contributed by atoms with E-state index in [9.17, 15) is 14.9 Å². The van der Waals surface area contributed by atoms with Crippen molar-refractivity contribution < 1.29 is 14.3 Å². The Kier molecular flexibility index (Phi) is 6.17. The summed E-state index contributed by atoms with van der Waals surface area (Å²) in [5.41, 5.74) is 2.93. The Balaban J connectivity index is 1.94. The Bertz CT molecular complexity index is 1050. The molecular weight excluding hydrogens is 368 g/mol. The molecule has 0 saturated heterocycles. The topological polar surface area (TPSA) is 104 Å². The van der Waals surface area contributed by atoms with E-state index in [1.54, 1.807) is 36.4 Å². The predicted molar refractivity (Wildman–Crippen MR) is 109 cm³/mol. The van der Waals surface area contributed by atoms with Crippen LogP contribution in [-0.2, 0) is 9.53 Å². The van der Waals surface area contributed by atoms with Crippen molar-refractivity contribution in [3.8, 4) is 6.07 Å². The Morgan fingerprint density at radius 3 is 2.45 bits per heavy atom. The van der Waals surface area contributed by atoms with Crippen molar-refractivity contribution in [2.45, 2.75) is 6.92 Å². The first-order chi connectivity index (χ1) is 14.0.